The van der Waals surface area contributed by atoms with E-state index in [0.29, 0.717) is 11.6 Å². The van der Waals surface area contributed by atoms with Gasteiger partial charge in [0.1, 0.15) is 5.75 Å². The van der Waals surface area contributed by atoms with E-state index in [0.717, 1.165) is 17.9 Å². The summed E-state index contributed by atoms with van der Waals surface area (Å²) in [5.41, 5.74) is 2.12. The number of anilines is 2. The molecular weight excluding hydrogens is 288 g/mol. The van der Waals surface area contributed by atoms with Gasteiger partial charge >= 0.3 is 0 Å². The van der Waals surface area contributed by atoms with Gasteiger partial charge in [-0.05, 0) is 30.3 Å². The number of fused-ring (bicyclic) bond motifs is 1. The highest BCUT2D eigenvalue weighted by Gasteiger charge is 2.27. The molecule has 0 spiro atoms. The van der Waals surface area contributed by atoms with E-state index in [1.807, 2.05) is 31.3 Å². The molecule has 0 unspecified atom stereocenters. The first kappa shape index (κ1) is 13.8. The number of phenolic OH excluding ortho intramolecular Hbond substituents is 1. The molecule has 0 aliphatic carbocycles. The van der Waals surface area contributed by atoms with E-state index in [1.54, 1.807) is 17.0 Å². The van der Waals surface area contributed by atoms with Crippen LogP contribution in [0.5, 0.6) is 5.75 Å². The third-order valence-corrected chi connectivity index (χ3v) is 3.91. The quantitative estimate of drug-likeness (QED) is 0.880. The lowest BCUT2D eigenvalue weighted by Gasteiger charge is -2.35. The summed E-state index contributed by atoms with van der Waals surface area (Å²) in [4.78, 5) is 16.5. The molecule has 0 saturated carbocycles. The Morgan fingerprint density at radius 1 is 1.14 bits per heavy atom. The van der Waals surface area contributed by atoms with Crippen LogP contribution in [0, 0.1) is 0 Å². The van der Waals surface area contributed by atoms with Gasteiger partial charge in [0.15, 0.2) is 0 Å². The Hall–Kier alpha value is -2.20. The molecule has 3 rings (SSSR count). The van der Waals surface area contributed by atoms with Crippen molar-refractivity contribution in [2.24, 2.45) is 0 Å². The highest BCUT2D eigenvalue weighted by atomic mass is 35.5. The maximum absolute atomic E-state index is 12.7. The van der Waals surface area contributed by atoms with Gasteiger partial charge in [-0.3, -0.25) is 4.79 Å². The largest absolute Gasteiger partial charge is 0.507 e. The number of hydrogen-bond donors (Lipinski definition) is 1. The fourth-order valence-corrected chi connectivity index (χ4v) is 2.71. The van der Waals surface area contributed by atoms with Crippen LogP contribution in [0.15, 0.2) is 42.5 Å². The number of likely N-dealkylation sites (N-methyl/N-ethyl adjacent to an activating group) is 1. The number of carbonyl (C=O) groups excluding carboxylic acids is 1. The van der Waals surface area contributed by atoms with Crippen molar-refractivity contribution in [3.05, 3.63) is 53.1 Å². The van der Waals surface area contributed by atoms with Crippen molar-refractivity contribution < 1.29 is 9.90 Å². The standard InChI is InChI=1S/C16H15ClN2O2/c1-18-8-9-19(14-5-3-2-4-13(14)18)16(21)12-7-6-11(17)10-15(12)20/h2-7,10,20H,8-9H2,1H3. The molecule has 2 aromatic rings. The molecule has 4 nitrogen and oxygen atoms in total. The molecule has 0 atom stereocenters. The van der Waals surface area contributed by atoms with E-state index < -0.39 is 0 Å². The highest BCUT2D eigenvalue weighted by molar-refractivity contribution is 6.31. The maximum atomic E-state index is 12.7. The van der Waals surface area contributed by atoms with Crippen molar-refractivity contribution in [3.63, 3.8) is 0 Å². The Morgan fingerprint density at radius 3 is 2.57 bits per heavy atom. The molecule has 1 aliphatic rings. The molecule has 1 heterocycles. The normalized spacial score (nSPS) is 14.0. The van der Waals surface area contributed by atoms with Gasteiger partial charge in [0, 0.05) is 25.2 Å². The molecule has 0 fully saturated rings. The maximum Gasteiger partial charge on any atom is 0.262 e. The molecular formula is C16H15ClN2O2. The van der Waals surface area contributed by atoms with E-state index >= 15 is 0 Å². The Bertz CT molecular complexity index is 702. The molecule has 1 aliphatic heterocycles. The molecule has 108 valence electrons. The summed E-state index contributed by atoms with van der Waals surface area (Å²) in [7, 11) is 2.00. The number of nitrogens with zero attached hydrogens (tertiary/aromatic N) is 2. The van der Waals surface area contributed by atoms with Crippen LogP contribution in [0.25, 0.3) is 0 Å². The minimum Gasteiger partial charge on any atom is -0.507 e. The molecule has 0 aromatic heterocycles. The van der Waals surface area contributed by atoms with Crippen molar-refractivity contribution in [2.45, 2.75) is 0 Å². The Morgan fingerprint density at radius 2 is 1.86 bits per heavy atom. The number of hydrogen-bond acceptors (Lipinski definition) is 3. The van der Waals surface area contributed by atoms with Gasteiger partial charge in [-0.25, -0.2) is 0 Å². The van der Waals surface area contributed by atoms with E-state index in [4.69, 9.17) is 11.6 Å². The SMILES string of the molecule is CN1CCN(C(=O)c2ccc(Cl)cc2O)c2ccccc21. The minimum atomic E-state index is -0.218. The number of amides is 1. The smallest absolute Gasteiger partial charge is 0.262 e. The summed E-state index contributed by atoms with van der Waals surface area (Å²) in [6.07, 6.45) is 0. The van der Waals surface area contributed by atoms with E-state index in [2.05, 4.69) is 4.90 Å². The molecule has 2 aromatic carbocycles. The Balaban J connectivity index is 2.01. The second-order valence-electron chi connectivity index (χ2n) is 5.03. The molecule has 0 bridgehead atoms. The third kappa shape index (κ3) is 2.43. The fourth-order valence-electron chi connectivity index (χ4n) is 2.55. The third-order valence-electron chi connectivity index (χ3n) is 3.68. The van der Waals surface area contributed by atoms with Gasteiger partial charge in [-0.1, -0.05) is 23.7 Å². The summed E-state index contributed by atoms with van der Waals surface area (Å²) in [5.74, 6) is -0.311. The summed E-state index contributed by atoms with van der Waals surface area (Å²) in [6.45, 7) is 1.32. The van der Waals surface area contributed by atoms with E-state index in [1.165, 1.54) is 6.07 Å². The Kier molecular flexibility index (Phi) is 3.47. The topological polar surface area (TPSA) is 43.8 Å². The lowest BCUT2D eigenvalue weighted by atomic mass is 10.1. The first-order chi connectivity index (χ1) is 10.1. The molecule has 5 heteroatoms. The number of rotatable bonds is 1. The van der Waals surface area contributed by atoms with Gasteiger partial charge in [-0.15, -0.1) is 0 Å². The van der Waals surface area contributed by atoms with Crippen molar-refractivity contribution in [2.75, 3.05) is 29.9 Å². The lowest BCUT2D eigenvalue weighted by molar-refractivity contribution is 0.0984. The fraction of sp³-hybridized carbons (Fsp3) is 0.188. The molecule has 1 N–H and O–H groups in total. The summed E-state index contributed by atoms with van der Waals surface area (Å²) < 4.78 is 0. The van der Waals surface area contributed by atoms with Crippen LogP contribution in [0.4, 0.5) is 11.4 Å². The van der Waals surface area contributed by atoms with Crippen LogP contribution in [0.3, 0.4) is 0 Å². The van der Waals surface area contributed by atoms with Gasteiger partial charge in [0.25, 0.3) is 5.91 Å². The lowest BCUT2D eigenvalue weighted by Crippen LogP contribution is -2.42. The van der Waals surface area contributed by atoms with Crippen LogP contribution in [0.1, 0.15) is 10.4 Å². The molecule has 0 saturated heterocycles. The molecule has 21 heavy (non-hydrogen) atoms. The first-order valence-corrected chi connectivity index (χ1v) is 7.06. The summed E-state index contributed by atoms with van der Waals surface area (Å²) >= 11 is 5.82. The van der Waals surface area contributed by atoms with Crippen LogP contribution < -0.4 is 9.80 Å². The number of aromatic hydroxyl groups is 1. The monoisotopic (exact) mass is 302 g/mol. The van der Waals surface area contributed by atoms with Crippen molar-refractivity contribution in [1.29, 1.82) is 0 Å². The average Bonchev–Trinajstić information content (AvgIpc) is 2.47. The first-order valence-electron chi connectivity index (χ1n) is 6.68. The van der Waals surface area contributed by atoms with Crippen LogP contribution in [-0.4, -0.2) is 31.2 Å². The predicted molar refractivity (Wildman–Crippen MR) is 84.5 cm³/mol. The number of benzene rings is 2. The number of phenols is 1. The number of carbonyl (C=O) groups is 1. The van der Waals surface area contributed by atoms with E-state index in [9.17, 15) is 9.90 Å². The van der Waals surface area contributed by atoms with E-state index in [-0.39, 0.29) is 17.2 Å². The average molecular weight is 303 g/mol. The second kappa shape index (κ2) is 5.30. The molecule has 1 amide bonds. The van der Waals surface area contributed by atoms with Gasteiger partial charge < -0.3 is 14.9 Å². The summed E-state index contributed by atoms with van der Waals surface area (Å²) in [6, 6.07) is 12.3. The highest BCUT2D eigenvalue weighted by Crippen LogP contribution is 2.34. The van der Waals surface area contributed by atoms with Gasteiger partial charge in [0.2, 0.25) is 0 Å². The number of halogens is 1. The van der Waals surface area contributed by atoms with Crippen LogP contribution in [0.2, 0.25) is 5.02 Å². The van der Waals surface area contributed by atoms with Crippen LogP contribution in [-0.2, 0) is 0 Å². The van der Waals surface area contributed by atoms with Crippen molar-refractivity contribution in [1.82, 2.24) is 0 Å². The van der Waals surface area contributed by atoms with Gasteiger partial charge in [-0.2, -0.15) is 0 Å². The van der Waals surface area contributed by atoms with Crippen molar-refractivity contribution >= 4 is 28.9 Å². The zero-order chi connectivity index (χ0) is 15.0. The van der Waals surface area contributed by atoms with Gasteiger partial charge in [0.05, 0.1) is 16.9 Å². The van der Waals surface area contributed by atoms with Crippen molar-refractivity contribution in [3.8, 4) is 5.75 Å². The number of para-hydroxylation sites is 2. The zero-order valence-corrected chi connectivity index (χ0v) is 12.3. The molecule has 0 radical (unpaired) electrons. The summed E-state index contributed by atoms with van der Waals surface area (Å²) in [5, 5.41) is 10.4. The second-order valence-corrected chi connectivity index (χ2v) is 5.46. The minimum absolute atomic E-state index is 0.0936. The predicted octanol–water partition coefficient (Wildman–Crippen LogP) is 3.14. The van der Waals surface area contributed by atoms with Crippen LogP contribution >= 0.6 is 11.6 Å². The Labute approximate surface area is 128 Å². The zero-order valence-electron chi connectivity index (χ0n) is 11.6.